The maximum absolute atomic E-state index is 13.0. The number of hydrogen-bond acceptors (Lipinski definition) is 8. The Bertz CT molecular complexity index is 1350. The first-order valence-corrected chi connectivity index (χ1v) is 13.3. The molecule has 3 aromatic rings. The average molecular weight is 545 g/mol. The number of anilines is 1. The lowest BCUT2D eigenvalue weighted by Gasteiger charge is -2.29. The largest absolute Gasteiger partial charge is 0.493 e. The maximum atomic E-state index is 13.0. The van der Waals surface area contributed by atoms with E-state index in [0.717, 1.165) is 0 Å². The van der Waals surface area contributed by atoms with E-state index >= 15 is 0 Å². The molecule has 9 nitrogen and oxygen atoms in total. The van der Waals surface area contributed by atoms with Gasteiger partial charge in [0.2, 0.25) is 10.0 Å². The van der Waals surface area contributed by atoms with E-state index in [1.54, 1.807) is 48.5 Å². The van der Waals surface area contributed by atoms with Gasteiger partial charge in [0.15, 0.2) is 11.5 Å². The van der Waals surface area contributed by atoms with Gasteiger partial charge in [-0.25, -0.2) is 18.2 Å². The van der Waals surface area contributed by atoms with E-state index < -0.39 is 16.0 Å². The Balaban J connectivity index is 1.67. The van der Waals surface area contributed by atoms with Gasteiger partial charge in [-0.1, -0.05) is 11.6 Å². The molecule has 0 fully saturated rings. The van der Waals surface area contributed by atoms with Crippen LogP contribution in [-0.2, 0) is 10.0 Å². The van der Waals surface area contributed by atoms with E-state index in [0.29, 0.717) is 27.7 Å². The fourth-order valence-electron chi connectivity index (χ4n) is 3.64. The summed E-state index contributed by atoms with van der Waals surface area (Å²) in [5.74, 6) is 0.428. The smallest absolute Gasteiger partial charge is 0.343 e. The SMILES string of the molecule is COc1cc(/C=N\Nc2ccc(S(=O)(=O)N(C(C)C)C(C)C)cn2)ccc1OC(=O)c1ccc(Cl)cc1. The van der Waals surface area contributed by atoms with Crippen molar-refractivity contribution in [2.24, 2.45) is 5.10 Å². The molecule has 1 N–H and O–H groups in total. The van der Waals surface area contributed by atoms with Gasteiger partial charge in [-0.3, -0.25) is 5.43 Å². The summed E-state index contributed by atoms with van der Waals surface area (Å²) in [7, 11) is -2.21. The van der Waals surface area contributed by atoms with E-state index in [9.17, 15) is 13.2 Å². The first-order valence-electron chi connectivity index (χ1n) is 11.5. The van der Waals surface area contributed by atoms with Crippen LogP contribution in [0.3, 0.4) is 0 Å². The molecule has 0 aliphatic rings. The van der Waals surface area contributed by atoms with Gasteiger partial charge >= 0.3 is 5.97 Å². The van der Waals surface area contributed by atoms with Crippen LogP contribution in [0.15, 0.2) is 70.8 Å². The molecule has 0 aliphatic heterocycles. The molecule has 11 heteroatoms. The lowest BCUT2D eigenvalue weighted by Crippen LogP contribution is -2.41. The van der Waals surface area contributed by atoms with Crippen LogP contribution in [0.4, 0.5) is 5.82 Å². The molecule has 0 radical (unpaired) electrons. The van der Waals surface area contributed by atoms with Crippen LogP contribution >= 0.6 is 11.6 Å². The van der Waals surface area contributed by atoms with Crippen molar-refractivity contribution in [2.75, 3.05) is 12.5 Å². The highest BCUT2D eigenvalue weighted by Crippen LogP contribution is 2.28. The van der Waals surface area contributed by atoms with Gasteiger partial charge in [0.05, 0.1) is 18.9 Å². The average Bonchev–Trinajstić information content (AvgIpc) is 2.84. The zero-order valence-electron chi connectivity index (χ0n) is 21.2. The van der Waals surface area contributed by atoms with Crippen molar-refractivity contribution in [3.63, 3.8) is 0 Å². The second-order valence-corrected chi connectivity index (χ2v) is 10.9. The van der Waals surface area contributed by atoms with Gasteiger partial charge in [0, 0.05) is 23.3 Å². The minimum Gasteiger partial charge on any atom is -0.493 e. The van der Waals surface area contributed by atoms with E-state index in [4.69, 9.17) is 21.1 Å². The number of nitrogens with one attached hydrogen (secondary N) is 1. The summed E-state index contributed by atoms with van der Waals surface area (Å²) in [6.07, 6.45) is 2.83. The third-order valence-electron chi connectivity index (χ3n) is 5.19. The minimum absolute atomic E-state index is 0.109. The van der Waals surface area contributed by atoms with Crippen molar-refractivity contribution in [3.05, 3.63) is 76.9 Å². The predicted molar refractivity (Wildman–Crippen MR) is 144 cm³/mol. The van der Waals surface area contributed by atoms with Gasteiger partial charge in [-0.05, 0) is 87.9 Å². The molecule has 0 spiro atoms. The number of esters is 1. The Labute approximate surface area is 222 Å². The van der Waals surface area contributed by atoms with Crippen molar-refractivity contribution in [3.8, 4) is 11.5 Å². The lowest BCUT2D eigenvalue weighted by molar-refractivity contribution is 0.0729. The Morgan fingerprint density at radius 3 is 2.27 bits per heavy atom. The number of methoxy groups -OCH3 is 1. The molecular weight excluding hydrogens is 516 g/mol. The van der Waals surface area contributed by atoms with Gasteiger partial charge < -0.3 is 9.47 Å². The number of carbonyl (C=O) groups is 1. The normalized spacial score (nSPS) is 11.9. The molecule has 1 heterocycles. The Morgan fingerprint density at radius 1 is 1.03 bits per heavy atom. The fraction of sp³-hybridized carbons (Fsp3) is 0.269. The van der Waals surface area contributed by atoms with E-state index in [1.807, 2.05) is 27.7 Å². The molecule has 0 amide bonds. The molecule has 0 bridgehead atoms. The van der Waals surface area contributed by atoms with Crippen LogP contribution in [-0.4, -0.2) is 49.1 Å². The molecule has 1 aromatic heterocycles. The number of sulfonamides is 1. The van der Waals surface area contributed by atoms with Crippen molar-refractivity contribution in [1.29, 1.82) is 0 Å². The number of nitrogens with zero attached hydrogens (tertiary/aromatic N) is 3. The predicted octanol–water partition coefficient (Wildman–Crippen LogP) is 5.22. The number of halogens is 1. The molecule has 3 rings (SSSR count). The van der Waals surface area contributed by atoms with Crippen LogP contribution in [0.25, 0.3) is 0 Å². The molecule has 0 saturated heterocycles. The third-order valence-corrected chi connectivity index (χ3v) is 7.68. The second-order valence-electron chi connectivity index (χ2n) is 8.58. The van der Waals surface area contributed by atoms with Crippen molar-refractivity contribution < 1.29 is 22.7 Å². The molecule has 37 heavy (non-hydrogen) atoms. The zero-order chi connectivity index (χ0) is 27.2. The highest BCUT2D eigenvalue weighted by molar-refractivity contribution is 7.89. The first kappa shape index (κ1) is 28.1. The topological polar surface area (TPSA) is 110 Å². The minimum atomic E-state index is -3.67. The number of benzene rings is 2. The molecule has 0 atom stereocenters. The molecule has 0 unspecified atom stereocenters. The Morgan fingerprint density at radius 2 is 1.70 bits per heavy atom. The molecular formula is C26H29ClN4O5S. The van der Waals surface area contributed by atoms with Crippen LogP contribution in [0, 0.1) is 0 Å². The summed E-state index contributed by atoms with van der Waals surface area (Å²) < 4.78 is 38.2. The van der Waals surface area contributed by atoms with Crippen LogP contribution in [0.5, 0.6) is 11.5 Å². The van der Waals surface area contributed by atoms with Crippen LogP contribution in [0.2, 0.25) is 5.02 Å². The number of hydrazone groups is 1. The van der Waals surface area contributed by atoms with Gasteiger partial charge in [-0.2, -0.15) is 9.41 Å². The van der Waals surface area contributed by atoms with Crippen LogP contribution in [0.1, 0.15) is 43.6 Å². The highest BCUT2D eigenvalue weighted by Gasteiger charge is 2.29. The summed E-state index contributed by atoms with van der Waals surface area (Å²) in [6, 6.07) is 14.0. The maximum Gasteiger partial charge on any atom is 0.343 e. The summed E-state index contributed by atoms with van der Waals surface area (Å²) in [5, 5.41) is 4.66. The number of aromatic nitrogens is 1. The summed E-state index contributed by atoms with van der Waals surface area (Å²) >= 11 is 5.86. The number of rotatable bonds is 10. The van der Waals surface area contributed by atoms with E-state index in [-0.39, 0.29) is 22.7 Å². The van der Waals surface area contributed by atoms with Crippen molar-refractivity contribution in [1.82, 2.24) is 9.29 Å². The van der Waals surface area contributed by atoms with E-state index in [2.05, 4.69) is 15.5 Å². The second kappa shape index (κ2) is 12.2. The van der Waals surface area contributed by atoms with Crippen LogP contribution < -0.4 is 14.9 Å². The number of hydrogen-bond donors (Lipinski definition) is 1. The standard InChI is InChI=1S/C26H29ClN4O5S/c1-17(2)31(18(3)4)37(33,34)22-11-13-25(28-16-22)30-29-15-19-6-12-23(24(14-19)35-5)36-26(32)20-7-9-21(27)10-8-20/h6-18H,1-5H3,(H,28,30)/b29-15-. The van der Waals surface area contributed by atoms with Gasteiger partial charge in [0.1, 0.15) is 10.7 Å². The monoisotopic (exact) mass is 544 g/mol. The highest BCUT2D eigenvalue weighted by atomic mass is 35.5. The first-order chi connectivity index (χ1) is 17.5. The van der Waals surface area contributed by atoms with Crippen molar-refractivity contribution in [2.45, 2.75) is 44.7 Å². The van der Waals surface area contributed by atoms with Gasteiger partial charge in [0.25, 0.3) is 0 Å². The number of carbonyl (C=O) groups excluding carboxylic acids is 1. The molecule has 0 saturated carbocycles. The fourth-order valence-corrected chi connectivity index (χ4v) is 5.54. The van der Waals surface area contributed by atoms with Gasteiger partial charge in [-0.15, -0.1) is 0 Å². The van der Waals surface area contributed by atoms with Crippen molar-refractivity contribution >= 4 is 39.6 Å². The van der Waals surface area contributed by atoms with E-state index in [1.165, 1.54) is 29.9 Å². The Hall–Kier alpha value is -3.47. The summed E-state index contributed by atoms with van der Waals surface area (Å²) in [6.45, 7) is 7.34. The summed E-state index contributed by atoms with van der Waals surface area (Å²) in [5.41, 5.74) is 3.79. The molecule has 0 aliphatic carbocycles. The quantitative estimate of drug-likeness (QED) is 0.161. The lowest BCUT2D eigenvalue weighted by atomic mass is 10.2. The zero-order valence-corrected chi connectivity index (χ0v) is 22.7. The molecule has 196 valence electrons. The third kappa shape index (κ3) is 7.06. The Kier molecular flexibility index (Phi) is 9.25. The number of pyridine rings is 1. The summed E-state index contributed by atoms with van der Waals surface area (Å²) in [4.78, 5) is 16.7. The molecule has 2 aromatic carbocycles. The number of ether oxygens (including phenoxy) is 2.